The van der Waals surface area contributed by atoms with E-state index in [2.05, 4.69) is 22.8 Å². The molecule has 0 radical (unpaired) electrons. The van der Waals surface area contributed by atoms with Crippen LogP contribution in [0.25, 0.3) is 17.2 Å². The highest BCUT2D eigenvalue weighted by Crippen LogP contribution is 2.37. The van der Waals surface area contributed by atoms with E-state index in [4.69, 9.17) is 0 Å². The van der Waals surface area contributed by atoms with Crippen molar-refractivity contribution >= 4 is 52.5 Å². The van der Waals surface area contributed by atoms with Gasteiger partial charge in [-0.05, 0) is 82.6 Å². The molecule has 0 spiro atoms. The average molecular weight is 587 g/mol. The molecule has 2 amide bonds. The van der Waals surface area contributed by atoms with Crippen molar-refractivity contribution in [3.05, 3.63) is 147 Å². The lowest BCUT2D eigenvalue weighted by molar-refractivity contribution is -0.113. The lowest BCUT2D eigenvalue weighted by atomic mass is 10.0. The van der Waals surface area contributed by atoms with E-state index < -0.39 is 5.91 Å². The predicted molar refractivity (Wildman–Crippen MR) is 171 cm³/mol. The Morgan fingerprint density at radius 3 is 2.40 bits per heavy atom. The summed E-state index contributed by atoms with van der Waals surface area (Å²) in [7, 11) is 0. The van der Waals surface area contributed by atoms with Gasteiger partial charge in [0.05, 0.1) is 5.75 Å². The lowest BCUT2D eigenvalue weighted by Crippen LogP contribution is -2.30. The number of nitrogens with one attached hydrogen (secondary N) is 2. The summed E-state index contributed by atoms with van der Waals surface area (Å²) >= 11 is 2.89. The number of carbonyl (C=O) groups is 3. The average Bonchev–Trinajstić information content (AvgIpc) is 3.67. The molecule has 4 aromatic carbocycles. The minimum Gasteiger partial charge on any atom is -0.321 e. The summed E-state index contributed by atoms with van der Waals surface area (Å²) in [5.41, 5.74) is 6.78. The maximum absolute atomic E-state index is 13.3. The Bertz CT molecular complexity index is 1810. The molecule has 7 heteroatoms. The van der Waals surface area contributed by atoms with Crippen molar-refractivity contribution in [3.63, 3.8) is 0 Å². The van der Waals surface area contributed by atoms with E-state index in [1.807, 2.05) is 72.1 Å². The summed E-state index contributed by atoms with van der Waals surface area (Å²) in [6.07, 6.45) is 2.50. The van der Waals surface area contributed by atoms with E-state index in [9.17, 15) is 14.4 Å². The fraction of sp³-hybridized carbons (Fsp3) is 0.0571. The Balaban J connectivity index is 1.12. The molecule has 2 N–H and O–H groups in total. The van der Waals surface area contributed by atoms with Crippen LogP contribution in [0.1, 0.15) is 36.7 Å². The molecule has 5 aromatic rings. The van der Waals surface area contributed by atoms with Gasteiger partial charge in [0.2, 0.25) is 0 Å². The minimum absolute atomic E-state index is 0.0537. The zero-order valence-electron chi connectivity index (χ0n) is 22.5. The predicted octanol–water partition coefficient (Wildman–Crippen LogP) is 7.70. The van der Waals surface area contributed by atoms with E-state index in [-0.39, 0.29) is 23.1 Å². The lowest BCUT2D eigenvalue weighted by Gasteiger charge is -2.12. The van der Waals surface area contributed by atoms with Crippen molar-refractivity contribution in [2.45, 2.75) is 11.3 Å². The highest BCUT2D eigenvalue weighted by atomic mass is 32.2. The molecular weight excluding hydrogens is 561 g/mol. The van der Waals surface area contributed by atoms with E-state index in [1.165, 1.54) is 45.4 Å². The molecule has 0 bridgehead atoms. The Kier molecular flexibility index (Phi) is 8.12. The second kappa shape index (κ2) is 12.4. The van der Waals surface area contributed by atoms with Crippen LogP contribution in [0, 0.1) is 0 Å². The molecule has 1 aliphatic carbocycles. The Morgan fingerprint density at radius 1 is 0.762 bits per heavy atom. The third-order valence-corrected chi connectivity index (χ3v) is 8.75. The molecule has 6 rings (SSSR count). The van der Waals surface area contributed by atoms with E-state index in [1.54, 1.807) is 36.4 Å². The molecule has 206 valence electrons. The van der Waals surface area contributed by atoms with Gasteiger partial charge in [0.25, 0.3) is 11.8 Å². The van der Waals surface area contributed by atoms with Gasteiger partial charge < -0.3 is 10.6 Å². The van der Waals surface area contributed by atoms with Crippen molar-refractivity contribution in [1.82, 2.24) is 5.32 Å². The molecule has 0 saturated carbocycles. The molecular formula is C35H26N2O3S2. The third kappa shape index (κ3) is 6.28. The van der Waals surface area contributed by atoms with E-state index >= 15 is 0 Å². The standard InChI is InChI=1S/C35H26N2O3S2/c38-33(25-15-16-31-26(19-25)18-24-10-4-5-14-30(24)31)22-42-28-12-6-11-27(20-28)36-35(40)32(21-29-13-7-17-41-29)37-34(39)23-8-2-1-3-9-23/h1-17,19-21H,18,22H2,(H,36,40)(H,37,39)/b32-21-. The van der Waals surface area contributed by atoms with Crippen LogP contribution in [0.3, 0.4) is 0 Å². The smallest absolute Gasteiger partial charge is 0.272 e. The Labute approximate surface area is 252 Å². The summed E-state index contributed by atoms with van der Waals surface area (Å²) < 4.78 is 0. The SMILES string of the molecule is O=C(Nc1cccc(SCC(=O)c2ccc3c(c2)Cc2ccccc2-3)c1)/C(=C/c1cccs1)NC(=O)c1ccccc1. The van der Waals surface area contributed by atoms with Crippen LogP contribution in [0.15, 0.2) is 125 Å². The molecule has 1 heterocycles. The minimum atomic E-state index is -0.440. The quantitative estimate of drug-likeness (QED) is 0.103. The summed E-state index contributed by atoms with van der Waals surface area (Å²) in [5.74, 6) is -0.477. The molecule has 0 aliphatic heterocycles. The first-order valence-corrected chi connectivity index (χ1v) is 15.3. The number of anilines is 1. The zero-order chi connectivity index (χ0) is 28.9. The van der Waals surface area contributed by atoms with Gasteiger partial charge >= 0.3 is 0 Å². The van der Waals surface area contributed by atoms with Crippen molar-refractivity contribution in [2.24, 2.45) is 0 Å². The second-order valence-corrected chi connectivity index (χ2v) is 11.8. The largest absolute Gasteiger partial charge is 0.321 e. The van der Waals surface area contributed by atoms with Crippen molar-refractivity contribution in [3.8, 4) is 11.1 Å². The first-order chi connectivity index (χ1) is 20.5. The molecule has 0 saturated heterocycles. The molecule has 42 heavy (non-hydrogen) atoms. The number of rotatable bonds is 9. The highest BCUT2D eigenvalue weighted by Gasteiger charge is 2.20. The first-order valence-electron chi connectivity index (χ1n) is 13.4. The third-order valence-electron chi connectivity index (χ3n) is 6.94. The topological polar surface area (TPSA) is 75.3 Å². The van der Waals surface area contributed by atoms with Gasteiger partial charge in [0, 0.05) is 26.6 Å². The van der Waals surface area contributed by atoms with E-state index in [0.29, 0.717) is 16.8 Å². The number of thioether (sulfide) groups is 1. The van der Waals surface area contributed by atoms with Gasteiger partial charge in [0.1, 0.15) is 5.70 Å². The van der Waals surface area contributed by atoms with Crippen molar-refractivity contribution in [1.29, 1.82) is 0 Å². The first kappa shape index (κ1) is 27.4. The summed E-state index contributed by atoms with van der Waals surface area (Å²) in [6.45, 7) is 0. The number of Topliss-reactive ketones (excluding diaryl/α,β-unsaturated/α-hetero) is 1. The molecule has 0 atom stereocenters. The molecule has 1 aliphatic rings. The second-order valence-electron chi connectivity index (χ2n) is 9.79. The maximum Gasteiger partial charge on any atom is 0.272 e. The number of thiophene rings is 1. The van der Waals surface area contributed by atoms with Gasteiger partial charge in [-0.1, -0.05) is 66.7 Å². The molecule has 0 unspecified atom stereocenters. The van der Waals surface area contributed by atoms with Gasteiger partial charge in [-0.3, -0.25) is 14.4 Å². The Morgan fingerprint density at radius 2 is 1.57 bits per heavy atom. The monoisotopic (exact) mass is 586 g/mol. The number of carbonyl (C=O) groups excluding carboxylic acids is 3. The molecule has 1 aromatic heterocycles. The van der Waals surface area contributed by atoms with Crippen molar-refractivity contribution < 1.29 is 14.4 Å². The fourth-order valence-electron chi connectivity index (χ4n) is 4.87. The number of hydrogen-bond acceptors (Lipinski definition) is 5. The van der Waals surface area contributed by atoms with Crippen LogP contribution in [-0.2, 0) is 11.2 Å². The van der Waals surface area contributed by atoms with Crippen LogP contribution < -0.4 is 10.6 Å². The van der Waals surface area contributed by atoms with Crippen LogP contribution in [0.2, 0.25) is 0 Å². The summed E-state index contributed by atoms with van der Waals surface area (Å²) in [6, 6.07) is 34.2. The maximum atomic E-state index is 13.3. The Hall–Kier alpha value is -4.72. The van der Waals surface area contributed by atoms with Crippen LogP contribution >= 0.6 is 23.1 Å². The molecule has 0 fully saturated rings. The number of benzene rings is 4. The highest BCUT2D eigenvalue weighted by molar-refractivity contribution is 8.00. The van der Waals surface area contributed by atoms with Gasteiger partial charge in [0.15, 0.2) is 5.78 Å². The number of fused-ring (bicyclic) bond motifs is 3. The summed E-state index contributed by atoms with van der Waals surface area (Å²) in [5, 5.41) is 7.55. The van der Waals surface area contributed by atoms with Crippen LogP contribution in [-0.4, -0.2) is 23.4 Å². The van der Waals surface area contributed by atoms with Gasteiger partial charge in [-0.2, -0.15) is 0 Å². The normalized spacial score (nSPS) is 11.9. The number of hydrogen-bond donors (Lipinski definition) is 2. The number of ketones is 1. The van der Waals surface area contributed by atoms with E-state index in [0.717, 1.165) is 16.2 Å². The number of amides is 2. The van der Waals surface area contributed by atoms with Gasteiger partial charge in [-0.25, -0.2) is 0 Å². The van der Waals surface area contributed by atoms with Gasteiger partial charge in [-0.15, -0.1) is 23.1 Å². The van der Waals surface area contributed by atoms with Crippen LogP contribution in [0.5, 0.6) is 0 Å². The summed E-state index contributed by atoms with van der Waals surface area (Å²) in [4.78, 5) is 40.9. The zero-order valence-corrected chi connectivity index (χ0v) is 24.1. The fourth-order valence-corrected chi connectivity index (χ4v) is 6.38. The molecule has 5 nitrogen and oxygen atoms in total. The van der Waals surface area contributed by atoms with Crippen LogP contribution in [0.4, 0.5) is 5.69 Å². The van der Waals surface area contributed by atoms with Crippen molar-refractivity contribution in [2.75, 3.05) is 11.1 Å².